The van der Waals surface area contributed by atoms with E-state index in [0.717, 1.165) is 11.3 Å². The van der Waals surface area contributed by atoms with Crippen LogP contribution < -0.4 is 20.7 Å². The maximum Gasteiger partial charge on any atom is 0.263 e. The Morgan fingerprint density at radius 2 is 2.25 bits per heavy atom. The lowest BCUT2D eigenvalue weighted by atomic mass is 10.2. The minimum absolute atomic E-state index is 0.254. The van der Waals surface area contributed by atoms with Crippen LogP contribution in [0.1, 0.15) is 18.3 Å². The molecule has 8 heteroatoms. The molecule has 0 saturated carbocycles. The molecule has 104 valence electrons. The molecule has 0 bridgehead atoms. The number of nitrogens with two attached hydrogens (primary N) is 1. The highest BCUT2D eigenvalue weighted by molar-refractivity contribution is 5.81. The first-order valence-electron chi connectivity index (χ1n) is 6.16. The summed E-state index contributed by atoms with van der Waals surface area (Å²) < 4.78 is 11.9. The summed E-state index contributed by atoms with van der Waals surface area (Å²) in [4.78, 5) is 0. The van der Waals surface area contributed by atoms with Crippen LogP contribution in [0, 0.1) is 0 Å². The topological polar surface area (TPSA) is 99.6 Å². The number of aromatic nitrogens is 3. The van der Waals surface area contributed by atoms with Gasteiger partial charge in [0.2, 0.25) is 6.79 Å². The molecule has 0 spiro atoms. The molecule has 0 saturated heterocycles. The van der Waals surface area contributed by atoms with Crippen LogP contribution in [0.2, 0.25) is 0 Å². The number of aryl methyl sites for hydroxylation is 1. The van der Waals surface area contributed by atoms with Crippen LogP contribution >= 0.6 is 0 Å². The monoisotopic (exact) mass is 274 g/mol. The molecule has 3 N–H and O–H groups in total. The first-order valence-corrected chi connectivity index (χ1v) is 6.16. The van der Waals surface area contributed by atoms with Gasteiger partial charge < -0.3 is 15.3 Å². The van der Waals surface area contributed by atoms with E-state index in [1.54, 1.807) is 6.21 Å². The summed E-state index contributed by atoms with van der Waals surface area (Å²) in [6.07, 6.45) is 2.35. The quantitative estimate of drug-likeness (QED) is 0.484. The molecular weight excluding hydrogens is 260 g/mol. The highest BCUT2D eigenvalue weighted by Crippen LogP contribution is 2.31. The van der Waals surface area contributed by atoms with Gasteiger partial charge in [0.1, 0.15) is 0 Å². The second-order valence-corrected chi connectivity index (χ2v) is 4.15. The molecule has 1 aromatic heterocycles. The Hall–Kier alpha value is -2.77. The van der Waals surface area contributed by atoms with Crippen LogP contribution in [0.25, 0.3) is 0 Å². The van der Waals surface area contributed by atoms with E-state index in [4.69, 9.17) is 15.3 Å². The Kier molecular flexibility index (Phi) is 3.12. The zero-order chi connectivity index (χ0) is 13.9. The van der Waals surface area contributed by atoms with Crippen molar-refractivity contribution >= 4 is 12.2 Å². The Morgan fingerprint density at radius 1 is 1.40 bits per heavy atom. The second kappa shape index (κ2) is 5.08. The molecule has 1 aromatic carbocycles. The highest BCUT2D eigenvalue weighted by atomic mass is 16.7. The Morgan fingerprint density at radius 3 is 3.05 bits per heavy atom. The average Bonchev–Trinajstić information content (AvgIpc) is 3.05. The lowest BCUT2D eigenvalue weighted by molar-refractivity contribution is 0.174. The van der Waals surface area contributed by atoms with E-state index < -0.39 is 0 Å². The molecule has 0 unspecified atom stereocenters. The van der Waals surface area contributed by atoms with Gasteiger partial charge in [-0.25, -0.2) is 10.1 Å². The minimum Gasteiger partial charge on any atom is -0.454 e. The summed E-state index contributed by atoms with van der Waals surface area (Å²) in [6.45, 7) is 2.21. The van der Waals surface area contributed by atoms with Gasteiger partial charge in [-0.3, -0.25) is 0 Å². The van der Waals surface area contributed by atoms with Crippen molar-refractivity contribution in [3.63, 3.8) is 0 Å². The SMILES string of the molecule is CCc1nnc(N/N=C/c2ccc3c(c2)OCO3)n1N. The van der Waals surface area contributed by atoms with Gasteiger partial charge in [0, 0.05) is 6.42 Å². The Bertz CT molecular complexity index is 651. The second-order valence-electron chi connectivity index (χ2n) is 4.15. The van der Waals surface area contributed by atoms with E-state index in [1.165, 1.54) is 4.68 Å². The van der Waals surface area contributed by atoms with E-state index in [0.29, 0.717) is 23.9 Å². The predicted molar refractivity (Wildman–Crippen MR) is 73.3 cm³/mol. The molecule has 1 aliphatic rings. The van der Waals surface area contributed by atoms with Crippen molar-refractivity contribution in [2.45, 2.75) is 13.3 Å². The first kappa shape index (κ1) is 12.3. The molecule has 0 radical (unpaired) electrons. The normalized spacial score (nSPS) is 13.1. The zero-order valence-corrected chi connectivity index (χ0v) is 10.9. The van der Waals surface area contributed by atoms with Gasteiger partial charge in [0.25, 0.3) is 5.95 Å². The lowest BCUT2D eigenvalue weighted by Gasteiger charge is -2.01. The van der Waals surface area contributed by atoms with Crippen LogP contribution in [0.3, 0.4) is 0 Å². The lowest BCUT2D eigenvalue weighted by Crippen LogP contribution is -2.14. The zero-order valence-electron chi connectivity index (χ0n) is 10.9. The number of fused-ring (bicyclic) bond motifs is 1. The van der Waals surface area contributed by atoms with Crippen molar-refractivity contribution in [3.05, 3.63) is 29.6 Å². The maximum absolute atomic E-state index is 5.79. The number of nitrogen functional groups attached to an aromatic ring is 1. The summed E-state index contributed by atoms with van der Waals surface area (Å²) in [7, 11) is 0. The third-order valence-electron chi connectivity index (χ3n) is 2.86. The number of benzene rings is 1. The summed E-state index contributed by atoms with van der Waals surface area (Å²) in [5, 5.41) is 11.9. The van der Waals surface area contributed by atoms with E-state index in [2.05, 4.69) is 20.7 Å². The predicted octanol–water partition coefficient (Wildman–Crippen LogP) is 0.729. The van der Waals surface area contributed by atoms with Gasteiger partial charge in [-0.15, -0.1) is 10.2 Å². The number of ether oxygens (including phenoxy) is 2. The molecule has 3 rings (SSSR count). The fourth-order valence-electron chi connectivity index (χ4n) is 1.80. The van der Waals surface area contributed by atoms with Crippen molar-refractivity contribution in [1.29, 1.82) is 0 Å². The highest BCUT2D eigenvalue weighted by Gasteiger charge is 2.12. The Balaban J connectivity index is 1.70. The molecule has 0 amide bonds. The third-order valence-corrected chi connectivity index (χ3v) is 2.86. The van der Waals surface area contributed by atoms with Gasteiger partial charge in [-0.2, -0.15) is 5.10 Å². The summed E-state index contributed by atoms with van der Waals surface area (Å²) in [5.74, 6) is 8.31. The molecule has 8 nitrogen and oxygen atoms in total. The molecule has 2 heterocycles. The minimum atomic E-state index is 0.254. The summed E-state index contributed by atoms with van der Waals surface area (Å²) in [5.41, 5.74) is 3.62. The number of anilines is 1. The standard InChI is InChI=1S/C12H14N6O2/c1-2-11-15-17-12(18(11)13)16-14-6-8-3-4-9-10(5-8)20-7-19-9/h3-6H,2,7,13H2,1H3,(H,16,17)/b14-6+. The number of hydrogen-bond donors (Lipinski definition) is 2. The van der Waals surface area contributed by atoms with Crippen molar-refractivity contribution in [2.24, 2.45) is 5.10 Å². The van der Waals surface area contributed by atoms with Crippen LogP contribution in [0.4, 0.5) is 5.95 Å². The molecule has 20 heavy (non-hydrogen) atoms. The number of rotatable bonds is 4. The largest absolute Gasteiger partial charge is 0.454 e. The Labute approximate surface area is 115 Å². The van der Waals surface area contributed by atoms with Gasteiger partial charge >= 0.3 is 0 Å². The van der Waals surface area contributed by atoms with Gasteiger partial charge in [0.15, 0.2) is 17.3 Å². The van der Waals surface area contributed by atoms with Crippen LogP contribution in [-0.4, -0.2) is 27.9 Å². The van der Waals surface area contributed by atoms with E-state index in [9.17, 15) is 0 Å². The first-order chi connectivity index (χ1) is 9.78. The van der Waals surface area contributed by atoms with Gasteiger partial charge in [-0.05, 0) is 23.8 Å². The molecule has 0 fully saturated rings. The third kappa shape index (κ3) is 2.22. The average molecular weight is 274 g/mol. The number of nitrogens with zero attached hydrogens (tertiary/aromatic N) is 4. The molecule has 1 aliphatic heterocycles. The van der Waals surface area contributed by atoms with Crippen LogP contribution in [0.5, 0.6) is 11.5 Å². The molecular formula is C12H14N6O2. The maximum atomic E-state index is 5.79. The van der Waals surface area contributed by atoms with Crippen molar-refractivity contribution < 1.29 is 9.47 Å². The van der Waals surface area contributed by atoms with E-state index >= 15 is 0 Å². The van der Waals surface area contributed by atoms with Crippen LogP contribution in [-0.2, 0) is 6.42 Å². The van der Waals surface area contributed by atoms with Gasteiger partial charge in [0.05, 0.1) is 6.21 Å². The van der Waals surface area contributed by atoms with Crippen molar-refractivity contribution in [2.75, 3.05) is 18.1 Å². The van der Waals surface area contributed by atoms with Crippen molar-refractivity contribution in [3.8, 4) is 11.5 Å². The molecule has 0 atom stereocenters. The summed E-state index contributed by atoms with van der Waals surface area (Å²) in [6, 6.07) is 5.56. The van der Waals surface area contributed by atoms with E-state index in [1.807, 2.05) is 25.1 Å². The van der Waals surface area contributed by atoms with E-state index in [-0.39, 0.29) is 6.79 Å². The fourth-order valence-corrected chi connectivity index (χ4v) is 1.80. The fraction of sp³-hybridized carbons (Fsp3) is 0.250. The number of nitrogens with one attached hydrogen (secondary N) is 1. The van der Waals surface area contributed by atoms with Crippen molar-refractivity contribution in [1.82, 2.24) is 14.9 Å². The number of hydrogen-bond acceptors (Lipinski definition) is 7. The smallest absolute Gasteiger partial charge is 0.263 e. The van der Waals surface area contributed by atoms with Gasteiger partial charge in [-0.1, -0.05) is 6.92 Å². The molecule has 0 aliphatic carbocycles. The summed E-state index contributed by atoms with van der Waals surface area (Å²) >= 11 is 0. The number of hydrazone groups is 1. The molecule has 2 aromatic rings. The van der Waals surface area contributed by atoms with Crippen LogP contribution in [0.15, 0.2) is 23.3 Å².